The minimum Gasteiger partial charge on any atom is -0.342 e. The van der Waals surface area contributed by atoms with Gasteiger partial charge in [0.15, 0.2) is 0 Å². The Hall–Kier alpha value is -2.11. The Kier molecular flexibility index (Phi) is 4.33. The molecule has 1 saturated heterocycles. The van der Waals surface area contributed by atoms with E-state index >= 15 is 0 Å². The molecule has 0 aliphatic carbocycles. The van der Waals surface area contributed by atoms with Crippen molar-refractivity contribution in [2.24, 2.45) is 0 Å². The standard InChI is InChI=1S/C15H21N5O/c21-15(5-2-10-20-11-3-7-17-20)19-9-1-4-13(12-19)14-6-8-16-18-14/h3,6-8,11,13H,1-2,4-5,9-10,12H2,(H,16,18). The minimum atomic E-state index is 0.256. The normalized spacial score (nSPS) is 18.9. The second-order valence-electron chi connectivity index (χ2n) is 5.56. The Morgan fingerprint density at radius 1 is 1.43 bits per heavy atom. The summed E-state index contributed by atoms with van der Waals surface area (Å²) in [4.78, 5) is 14.3. The number of aryl methyl sites for hydroxylation is 1. The van der Waals surface area contributed by atoms with Crippen LogP contribution in [0.15, 0.2) is 30.7 Å². The minimum absolute atomic E-state index is 0.256. The van der Waals surface area contributed by atoms with Gasteiger partial charge in [0.25, 0.3) is 0 Å². The first-order chi connectivity index (χ1) is 10.3. The number of hydrogen-bond donors (Lipinski definition) is 1. The molecule has 1 N–H and O–H groups in total. The number of carbonyl (C=O) groups excluding carboxylic acids is 1. The molecule has 3 rings (SSSR count). The smallest absolute Gasteiger partial charge is 0.222 e. The number of likely N-dealkylation sites (tertiary alicyclic amines) is 1. The molecule has 6 heteroatoms. The molecule has 0 radical (unpaired) electrons. The van der Waals surface area contributed by atoms with E-state index in [9.17, 15) is 4.79 Å². The van der Waals surface area contributed by atoms with Gasteiger partial charge in [-0.2, -0.15) is 10.2 Å². The summed E-state index contributed by atoms with van der Waals surface area (Å²) in [5.41, 5.74) is 1.14. The monoisotopic (exact) mass is 287 g/mol. The molecular weight excluding hydrogens is 266 g/mol. The zero-order valence-electron chi connectivity index (χ0n) is 12.1. The molecule has 1 aliphatic rings. The zero-order chi connectivity index (χ0) is 14.5. The van der Waals surface area contributed by atoms with Crippen LogP contribution in [0.2, 0.25) is 0 Å². The molecule has 2 aromatic heterocycles. The Morgan fingerprint density at radius 3 is 3.14 bits per heavy atom. The fraction of sp³-hybridized carbons (Fsp3) is 0.533. The first-order valence-electron chi connectivity index (χ1n) is 7.57. The first kappa shape index (κ1) is 13.9. The molecule has 1 fully saturated rings. The summed E-state index contributed by atoms with van der Waals surface area (Å²) < 4.78 is 1.87. The predicted octanol–water partition coefficient (Wildman–Crippen LogP) is 1.79. The van der Waals surface area contributed by atoms with Crippen molar-refractivity contribution in [3.05, 3.63) is 36.4 Å². The number of aromatic amines is 1. The molecule has 1 atom stereocenters. The molecule has 1 unspecified atom stereocenters. The lowest BCUT2D eigenvalue weighted by atomic mass is 9.94. The van der Waals surface area contributed by atoms with Crippen LogP contribution in [0.5, 0.6) is 0 Å². The van der Waals surface area contributed by atoms with Crippen LogP contribution in [0.25, 0.3) is 0 Å². The zero-order valence-corrected chi connectivity index (χ0v) is 12.1. The lowest BCUT2D eigenvalue weighted by Crippen LogP contribution is -2.39. The molecule has 1 amide bonds. The number of carbonyl (C=O) groups is 1. The summed E-state index contributed by atoms with van der Waals surface area (Å²) in [6.07, 6.45) is 9.09. The lowest BCUT2D eigenvalue weighted by molar-refractivity contribution is -0.132. The van der Waals surface area contributed by atoms with Gasteiger partial charge < -0.3 is 4.90 Å². The summed E-state index contributed by atoms with van der Waals surface area (Å²) in [7, 11) is 0. The number of rotatable bonds is 5. The highest BCUT2D eigenvalue weighted by molar-refractivity contribution is 5.76. The Balaban J connectivity index is 1.48. The van der Waals surface area contributed by atoms with Gasteiger partial charge >= 0.3 is 0 Å². The molecule has 0 saturated carbocycles. The average Bonchev–Trinajstić information content (AvgIpc) is 3.21. The highest BCUT2D eigenvalue weighted by Crippen LogP contribution is 2.25. The maximum Gasteiger partial charge on any atom is 0.222 e. The first-order valence-corrected chi connectivity index (χ1v) is 7.57. The van der Waals surface area contributed by atoms with Crippen molar-refractivity contribution in [1.29, 1.82) is 0 Å². The van der Waals surface area contributed by atoms with E-state index in [2.05, 4.69) is 15.3 Å². The van der Waals surface area contributed by atoms with Gasteiger partial charge in [-0.25, -0.2) is 0 Å². The van der Waals surface area contributed by atoms with E-state index in [-0.39, 0.29) is 5.91 Å². The highest BCUT2D eigenvalue weighted by atomic mass is 16.2. The van der Waals surface area contributed by atoms with Crippen molar-refractivity contribution >= 4 is 5.91 Å². The Morgan fingerprint density at radius 2 is 2.38 bits per heavy atom. The Labute approximate surface area is 124 Å². The summed E-state index contributed by atoms with van der Waals surface area (Å²) in [6, 6.07) is 3.91. The predicted molar refractivity (Wildman–Crippen MR) is 78.6 cm³/mol. The number of aromatic nitrogens is 4. The number of amides is 1. The second-order valence-corrected chi connectivity index (χ2v) is 5.56. The Bertz CT molecular complexity index is 549. The molecule has 3 heterocycles. The van der Waals surface area contributed by atoms with Crippen LogP contribution in [0.4, 0.5) is 0 Å². The van der Waals surface area contributed by atoms with Crippen molar-refractivity contribution in [2.45, 2.75) is 38.1 Å². The van der Waals surface area contributed by atoms with Gasteiger partial charge in [-0.05, 0) is 31.4 Å². The van der Waals surface area contributed by atoms with Crippen LogP contribution >= 0.6 is 0 Å². The molecule has 0 aromatic carbocycles. The molecule has 0 spiro atoms. The van der Waals surface area contributed by atoms with Gasteiger partial charge in [0.2, 0.25) is 5.91 Å². The van der Waals surface area contributed by atoms with E-state index in [0.717, 1.165) is 44.6 Å². The van der Waals surface area contributed by atoms with Crippen LogP contribution in [0, 0.1) is 0 Å². The lowest BCUT2D eigenvalue weighted by Gasteiger charge is -2.32. The fourth-order valence-corrected chi connectivity index (χ4v) is 2.93. The fourth-order valence-electron chi connectivity index (χ4n) is 2.93. The van der Waals surface area contributed by atoms with Crippen LogP contribution in [-0.4, -0.2) is 43.9 Å². The van der Waals surface area contributed by atoms with E-state index in [0.29, 0.717) is 12.3 Å². The largest absolute Gasteiger partial charge is 0.342 e. The van der Waals surface area contributed by atoms with Gasteiger partial charge in [-0.15, -0.1) is 0 Å². The van der Waals surface area contributed by atoms with Crippen molar-refractivity contribution in [3.8, 4) is 0 Å². The number of nitrogens with one attached hydrogen (secondary N) is 1. The summed E-state index contributed by atoms with van der Waals surface area (Å²) in [6.45, 7) is 2.49. The van der Waals surface area contributed by atoms with E-state index in [1.54, 1.807) is 12.4 Å². The summed E-state index contributed by atoms with van der Waals surface area (Å²) >= 11 is 0. The topological polar surface area (TPSA) is 66.8 Å². The number of hydrogen-bond acceptors (Lipinski definition) is 3. The van der Waals surface area contributed by atoms with E-state index in [1.165, 1.54) is 0 Å². The van der Waals surface area contributed by atoms with Crippen LogP contribution in [0.1, 0.15) is 37.3 Å². The van der Waals surface area contributed by atoms with Gasteiger partial charge in [-0.3, -0.25) is 14.6 Å². The second kappa shape index (κ2) is 6.56. The maximum absolute atomic E-state index is 12.3. The summed E-state index contributed by atoms with van der Waals surface area (Å²) in [5.74, 6) is 0.655. The van der Waals surface area contributed by atoms with E-state index in [4.69, 9.17) is 0 Å². The maximum atomic E-state index is 12.3. The number of piperidine rings is 1. The molecule has 0 bridgehead atoms. The van der Waals surface area contributed by atoms with Gasteiger partial charge in [0.1, 0.15) is 0 Å². The van der Waals surface area contributed by atoms with Crippen molar-refractivity contribution < 1.29 is 4.79 Å². The van der Waals surface area contributed by atoms with Crippen molar-refractivity contribution in [3.63, 3.8) is 0 Å². The van der Waals surface area contributed by atoms with Gasteiger partial charge in [-0.1, -0.05) is 0 Å². The average molecular weight is 287 g/mol. The molecule has 1 aliphatic heterocycles. The van der Waals surface area contributed by atoms with Crippen molar-refractivity contribution in [2.75, 3.05) is 13.1 Å². The van der Waals surface area contributed by atoms with Gasteiger partial charge in [0, 0.05) is 56.3 Å². The number of nitrogens with zero attached hydrogens (tertiary/aromatic N) is 4. The molecule has 6 nitrogen and oxygen atoms in total. The third-order valence-corrected chi connectivity index (χ3v) is 4.07. The van der Waals surface area contributed by atoms with E-state index < -0.39 is 0 Å². The van der Waals surface area contributed by atoms with Crippen LogP contribution in [-0.2, 0) is 11.3 Å². The van der Waals surface area contributed by atoms with Crippen LogP contribution in [0.3, 0.4) is 0 Å². The van der Waals surface area contributed by atoms with Crippen LogP contribution < -0.4 is 0 Å². The molecule has 112 valence electrons. The third kappa shape index (κ3) is 3.51. The molecular formula is C15H21N5O. The molecule has 21 heavy (non-hydrogen) atoms. The van der Waals surface area contributed by atoms with Gasteiger partial charge in [0.05, 0.1) is 0 Å². The SMILES string of the molecule is O=C(CCCn1cccn1)N1CCCC(c2ccn[nH]2)C1. The highest BCUT2D eigenvalue weighted by Gasteiger charge is 2.25. The van der Waals surface area contributed by atoms with E-state index in [1.807, 2.05) is 27.9 Å². The number of H-pyrrole nitrogens is 1. The van der Waals surface area contributed by atoms with Crippen molar-refractivity contribution in [1.82, 2.24) is 24.9 Å². The summed E-state index contributed by atoms with van der Waals surface area (Å²) in [5, 5.41) is 11.2. The molecule has 2 aromatic rings. The third-order valence-electron chi connectivity index (χ3n) is 4.07. The quantitative estimate of drug-likeness (QED) is 0.911.